The number of methoxy groups -OCH3 is 2. The van der Waals surface area contributed by atoms with Crippen LogP contribution in [0, 0.1) is 0 Å². The molecule has 140 valence electrons. The SMILES string of the molecule is COc1cccc2oc(=O)c(OCC=C(C)CCC=C(C)C)c(OC)c12. The quantitative estimate of drug-likeness (QED) is 0.497. The number of ether oxygens (including phenoxy) is 3. The van der Waals surface area contributed by atoms with Crippen molar-refractivity contribution < 1.29 is 18.6 Å². The standard InChI is InChI=1S/C21H26O5/c1-14(2)8-6-9-15(3)12-13-25-20-19(24-5)18-16(23-4)10-7-11-17(18)26-21(20)22/h7-8,10-12H,6,9,13H2,1-5H3. The van der Waals surface area contributed by atoms with Crippen molar-refractivity contribution in [3.8, 4) is 17.2 Å². The van der Waals surface area contributed by atoms with Gasteiger partial charge in [0.25, 0.3) is 0 Å². The van der Waals surface area contributed by atoms with E-state index in [1.807, 2.05) is 13.0 Å². The Balaban J connectivity index is 2.25. The molecule has 0 saturated heterocycles. The summed E-state index contributed by atoms with van der Waals surface area (Å²) >= 11 is 0. The minimum absolute atomic E-state index is 0.0536. The maximum atomic E-state index is 12.3. The molecule has 1 aromatic heterocycles. The van der Waals surface area contributed by atoms with Gasteiger partial charge in [-0.2, -0.15) is 0 Å². The first-order chi connectivity index (χ1) is 12.5. The molecule has 0 aliphatic rings. The van der Waals surface area contributed by atoms with Crippen LogP contribution >= 0.6 is 0 Å². The molecule has 0 fully saturated rings. The van der Waals surface area contributed by atoms with Crippen LogP contribution in [-0.2, 0) is 0 Å². The van der Waals surface area contributed by atoms with Gasteiger partial charge in [-0.1, -0.05) is 23.3 Å². The molecule has 5 heteroatoms. The van der Waals surface area contributed by atoms with E-state index in [-0.39, 0.29) is 12.4 Å². The fraction of sp³-hybridized carbons (Fsp3) is 0.381. The van der Waals surface area contributed by atoms with Gasteiger partial charge in [0.15, 0.2) is 5.75 Å². The zero-order valence-corrected chi connectivity index (χ0v) is 16.0. The summed E-state index contributed by atoms with van der Waals surface area (Å²) < 4.78 is 21.8. The Morgan fingerprint density at radius 2 is 1.85 bits per heavy atom. The molecule has 0 spiro atoms. The number of rotatable bonds is 8. The van der Waals surface area contributed by atoms with E-state index in [4.69, 9.17) is 18.6 Å². The Morgan fingerprint density at radius 1 is 1.08 bits per heavy atom. The maximum Gasteiger partial charge on any atom is 0.383 e. The van der Waals surface area contributed by atoms with E-state index < -0.39 is 5.63 Å². The van der Waals surface area contributed by atoms with Crippen LogP contribution in [0.15, 0.2) is 50.7 Å². The van der Waals surface area contributed by atoms with Crippen LogP contribution in [-0.4, -0.2) is 20.8 Å². The largest absolute Gasteiger partial charge is 0.496 e. The molecule has 0 aliphatic heterocycles. The van der Waals surface area contributed by atoms with Gasteiger partial charge in [0.05, 0.1) is 14.2 Å². The van der Waals surface area contributed by atoms with Crippen molar-refractivity contribution in [1.29, 1.82) is 0 Å². The molecular formula is C21H26O5. The molecule has 0 bridgehead atoms. The smallest absolute Gasteiger partial charge is 0.383 e. The molecule has 1 aromatic carbocycles. The first-order valence-electron chi connectivity index (χ1n) is 8.57. The molecule has 0 radical (unpaired) electrons. The summed E-state index contributed by atoms with van der Waals surface area (Å²) in [5.41, 5.74) is 2.33. The summed E-state index contributed by atoms with van der Waals surface area (Å²) in [6, 6.07) is 5.23. The molecule has 2 rings (SSSR count). The van der Waals surface area contributed by atoms with Gasteiger partial charge in [-0.05, 0) is 51.8 Å². The second-order valence-electron chi connectivity index (χ2n) is 6.27. The van der Waals surface area contributed by atoms with Crippen LogP contribution in [0.3, 0.4) is 0 Å². The lowest BCUT2D eigenvalue weighted by Crippen LogP contribution is -2.10. The Bertz CT molecular complexity index is 870. The van der Waals surface area contributed by atoms with Crippen molar-refractivity contribution in [3.05, 3.63) is 51.9 Å². The maximum absolute atomic E-state index is 12.3. The van der Waals surface area contributed by atoms with Gasteiger partial charge in [-0.25, -0.2) is 4.79 Å². The van der Waals surface area contributed by atoms with Crippen LogP contribution in [0.5, 0.6) is 17.2 Å². The second kappa shape index (κ2) is 9.13. The van der Waals surface area contributed by atoms with E-state index in [1.165, 1.54) is 18.3 Å². The molecule has 2 aromatic rings. The predicted molar refractivity (Wildman–Crippen MR) is 104 cm³/mol. The summed E-state index contributed by atoms with van der Waals surface area (Å²) in [5.74, 6) is 0.934. The fourth-order valence-electron chi connectivity index (χ4n) is 2.62. The molecule has 0 N–H and O–H groups in total. The molecule has 0 unspecified atom stereocenters. The van der Waals surface area contributed by atoms with E-state index in [1.54, 1.807) is 25.3 Å². The lowest BCUT2D eigenvalue weighted by molar-refractivity contribution is 0.308. The minimum Gasteiger partial charge on any atom is -0.496 e. The summed E-state index contributed by atoms with van der Waals surface area (Å²) in [6.45, 7) is 6.48. The van der Waals surface area contributed by atoms with Crippen molar-refractivity contribution >= 4 is 11.0 Å². The van der Waals surface area contributed by atoms with Crippen LogP contribution in [0.2, 0.25) is 0 Å². The van der Waals surface area contributed by atoms with Gasteiger partial charge < -0.3 is 18.6 Å². The predicted octanol–water partition coefficient (Wildman–Crippen LogP) is 4.88. The average Bonchev–Trinajstić information content (AvgIpc) is 2.61. The Hall–Kier alpha value is -2.69. The van der Waals surface area contributed by atoms with Crippen LogP contribution in [0.4, 0.5) is 0 Å². The van der Waals surface area contributed by atoms with E-state index in [9.17, 15) is 4.79 Å². The van der Waals surface area contributed by atoms with Crippen LogP contribution in [0.25, 0.3) is 11.0 Å². The monoisotopic (exact) mass is 358 g/mol. The van der Waals surface area contributed by atoms with E-state index in [0.29, 0.717) is 22.5 Å². The Labute approximate surface area is 153 Å². The summed E-state index contributed by atoms with van der Waals surface area (Å²) in [5, 5.41) is 0.580. The molecular weight excluding hydrogens is 332 g/mol. The lowest BCUT2D eigenvalue weighted by Gasteiger charge is -2.12. The Morgan fingerprint density at radius 3 is 2.50 bits per heavy atom. The second-order valence-corrected chi connectivity index (χ2v) is 6.27. The first kappa shape index (κ1) is 19.6. The highest BCUT2D eigenvalue weighted by molar-refractivity contribution is 5.91. The van der Waals surface area contributed by atoms with Gasteiger partial charge in [0.2, 0.25) is 5.75 Å². The van der Waals surface area contributed by atoms with Gasteiger partial charge in [0.1, 0.15) is 23.3 Å². The molecule has 5 nitrogen and oxygen atoms in total. The highest BCUT2D eigenvalue weighted by atomic mass is 16.5. The molecule has 0 amide bonds. The van der Waals surface area contributed by atoms with Crippen molar-refractivity contribution in [2.75, 3.05) is 20.8 Å². The summed E-state index contributed by atoms with van der Waals surface area (Å²) in [7, 11) is 3.05. The third-order valence-electron chi connectivity index (χ3n) is 3.98. The third kappa shape index (κ3) is 4.69. The van der Waals surface area contributed by atoms with Gasteiger partial charge >= 0.3 is 5.63 Å². The van der Waals surface area contributed by atoms with Gasteiger partial charge in [0, 0.05) is 0 Å². The highest BCUT2D eigenvalue weighted by Gasteiger charge is 2.19. The summed E-state index contributed by atoms with van der Waals surface area (Å²) in [4.78, 5) is 12.3. The molecule has 0 saturated carbocycles. The van der Waals surface area contributed by atoms with E-state index in [0.717, 1.165) is 12.8 Å². The molecule has 26 heavy (non-hydrogen) atoms. The topological polar surface area (TPSA) is 57.9 Å². The number of allylic oxidation sites excluding steroid dienone is 3. The first-order valence-corrected chi connectivity index (χ1v) is 8.57. The fourth-order valence-corrected chi connectivity index (χ4v) is 2.62. The minimum atomic E-state index is -0.571. The normalized spacial score (nSPS) is 11.3. The van der Waals surface area contributed by atoms with Crippen molar-refractivity contribution in [1.82, 2.24) is 0 Å². The molecule has 0 atom stereocenters. The van der Waals surface area contributed by atoms with Crippen molar-refractivity contribution in [2.24, 2.45) is 0 Å². The lowest BCUT2D eigenvalue weighted by atomic mass is 10.1. The molecule has 1 heterocycles. The summed E-state index contributed by atoms with van der Waals surface area (Å²) in [6.07, 6.45) is 6.10. The highest BCUT2D eigenvalue weighted by Crippen LogP contribution is 2.38. The third-order valence-corrected chi connectivity index (χ3v) is 3.98. The average molecular weight is 358 g/mol. The number of hydrogen-bond donors (Lipinski definition) is 0. The number of benzene rings is 1. The Kier molecular flexibility index (Phi) is 6.89. The number of hydrogen-bond acceptors (Lipinski definition) is 5. The van der Waals surface area contributed by atoms with Gasteiger partial charge in [-0.3, -0.25) is 0 Å². The zero-order valence-electron chi connectivity index (χ0n) is 16.0. The molecule has 0 aliphatic carbocycles. The van der Waals surface area contributed by atoms with Crippen molar-refractivity contribution in [3.63, 3.8) is 0 Å². The zero-order chi connectivity index (χ0) is 19.1. The van der Waals surface area contributed by atoms with E-state index in [2.05, 4.69) is 19.9 Å². The van der Waals surface area contributed by atoms with Crippen molar-refractivity contribution in [2.45, 2.75) is 33.6 Å². The van der Waals surface area contributed by atoms with Crippen LogP contribution < -0.4 is 19.8 Å². The van der Waals surface area contributed by atoms with E-state index >= 15 is 0 Å². The number of fused-ring (bicyclic) bond motifs is 1. The van der Waals surface area contributed by atoms with Gasteiger partial charge in [-0.15, -0.1) is 0 Å². The van der Waals surface area contributed by atoms with Crippen LogP contribution in [0.1, 0.15) is 33.6 Å².